The maximum Gasteiger partial charge on any atom is 0.181 e. The number of hydrogen-bond donors (Lipinski definition) is 2. The van der Waals surface area contributed by atoms with Crippen LogP contribution in [0.1, 0.15) is 0 Å². The van der Waals surface area contributed by atoms with Crippen molar-refractivity contribution in [3.8, 4) is 11.5 Å². The Morgan fingerprint density at radius 2 is 1.83 bits per heavy atom. The summed E-state index contributed by atoms with van der Waals surface area (Å²) in [5.41, 5.74) is 0. The standard InChI is InChI=1S/C14H20N2O2/c1-15-6-8-16(9-7-15)10-12-11-17-13-4-2-3-5-14(13)18-12/h2-5,12H,6-11H2,1H3/p+2/t12-/m0/s1. The molecular formula is C14H22N2O2+2. The number of nitrogens with one attached hydrogen (secondary N) is 2. The fourth-order valence-corrected chi connectivity index (χ4v) is 2.72. The van der Waals surface area contributed by atoms with Gasteiger partial charge in [0.25, 0.3) is 0 Å². The lowest BCUT2D eigenvalue weighted by molar-refractivity contribution is -1.00. The number of likely N-dealkylation sites (N-methyl/N-ethyl adjacent to an activating group) is 1. The third-order valence-electron chi connectivity index (χ3n) is 3.89. The minimum absolute atomic E-state index is 0.202. The lowest BCUT2D eigenvalue weighted by atomic mass is 10.2. The highest BCUT2D eigenvalue weighted by Gasteiger charge is 2.28. The van der Waals surface area contributed by atoms with Crippen LogP contribution in [-0.4, -0.2) is 52.5 Å². The van der Waals surface area contributed by atoms with Crippen molar-refractivity contribution in [2.75, 3.05) is 46.4 Å². The van der Waals surface area contributed by atoms with E-state index in [1.807, 2.05) is 24.3 Å². The molecule has 18 heavy (non-hydrogen) atoms. The van der Waals surface area contributed by atoms with Crippen molar-refractivity contribution in [3.63, 3.8) is 0 Å². The lowest BCUT2D eigenvalue weighted by Gasteiger charge is -2.32. The Morgan fingerprint density at radius 1 is 1.11 bits per heavy atom. The van der Waals surface area contributed by atoms with Crippen LogP contribution in [0.25, 0.3) is 0 Å². The molecule has 98 valence electrons. The SMILES string of the molecule is C[NH+]1CC[NH+](C[C@H]2COc3ccccc3O2)CC1. The van der Waals surface area contributed by atoms with Crippen molar-refractivity contribution >= 4 is 0 Å². The van der Waals surface area contributed by atoms with Gasteiger partial charge in [0.05, 0.1) is 7.05 Å². The van der Waals surface area contributed by atoms with E-state index in [9.17, 15) is 0 Å². The third kappa shape index (κ3) is 2.60. The van der Waals surface area contributed by atoms with Gasteiger partial charge in [0.15, 0.2) is 17.6 Å². The molecule has 1 aromatic rings. The Labute approximate surface area is 108 Å². The molecule has 0 aromatic heterocycles. The number of ether oxygens (including phenoxy) is 2. The summed E-state index contributed by atoms with van der Waals surface area (Å²) in [7, 11) is 2.27. The average Bonchev–Trinajstić information content (AvgIpc) is 2.41. The van der Waals surface area contributed by atoms with E-state index in [0.29, 0.717) is 6.61 Å². The first-order chi connectivity index (χ1) is 8.81. The van der Waals surface area contributed by atoms with Gasteiger partial charge >= 0.3 is 0 Å². The molecule has 1 aromatic carbocycles. The Kier molecular flexibility index (Phi) is 3.39. The van der Waals surface area contributed by atoms with E-state index in [4.69, 9.17) is 9.47 Å². The van der Waals surface area contributed by atoms with Crippen LogP contribution in [0.5, 0.6) is 11.5 Å². The molecule has 0 bridgehead atoms. The molecule has 2 N–H and O–H groups in total. The largest absolute Gasteiger partial charge is 0.486 e. The quantitative estimate of drug-likeness (QED) is 0.651. The second-order valence-corrected chi connectivity index (χ2v) is 5.41. The molecule has 0 radical (unpaired) electrons. The number of hydrogen-bond acceptors (Lipinski definition) is 2. The summed E-state index contributed by atoms with van der Waals surface area (Å²) in [6.45, 7) is 6.75. The van der Waals surface area contributed by atoms with Gasteiger partial charge in [-0.05, 0) is 12.1 Å². The third-order valence-corrected chi connectivity index (χ3v) is 3.89. The van der Waals surface area contributed by atoms with Gasteiger partial charge in [-0.15, -0.1) is 0 Å². The van der Waals surface area contributed by atoms with Crippen molar-refractivity contribution in [2.24, 2.45) is 0 Å². The minimum Gasteiger partial charge on any atom is -0.486 e. The molecule has 1 atom stereocenters. The van der Waals surface area contributed by atoms with Crippen molar-refractivity contribution < 1.29 is 19.3 Å². The first-order valence-electron chi connectivity index (χ1n) is 6.84. The number of fused-ring (bicyclic) bond motifs is 1. The van der Waals surface area contributed by atoms with E-state index in [0.717, 1.165) is 18.0 Å². The zero-order chi connectivity index (χ0) is 12.4. The van der Waals surface area contributed by atoms with Crippen LogP contribution in [0.3, 0.4) is 0 Å². The lowest BCUT2D eigenvalue weighted by Crippen LogP contribution is -3.27. The molecule has 0 aliphatic carbocycles. The van der Waals surface area contributed by atoms with Gasteiger partial charge in [0.2, 0.25) is 0 Å². The molecule has 0 spiro atoms. The molecule has 0 saturated carbocycles. The number of quaternary nitrogens is 2. The van der Waals surface area contributed by atoms with E-state index in [-0.39, 0.29) is 6.10 Å². The predicted octanol–water partition coefficient (Wildman–Crippen LogP) is -1.76. The first kappa shape index (κ1) is 11.8. The first-order valence-corrected chi connectivity index (χ1v) is 6.84. The summed E-state index contributed by atoms with van der Waals surface area (Å²) >= 11 is 0. The molecule has 2 heterocycles. The highest BCUT2D eigenvalue weighted by atomic mass is 16.6. The van der Waals surface area contributed by atoms with Crippen LogP contribution in [0.15, 0.2) is 24.3 Å². The molecule has 4 heteroatoms. The van der Waals surface area contributed by atoms with Crippen LogP contribution in [0.2, 0.25) is 0 Å². The summed E-state index contributed by atoms with van der Waals surface area (Å²) < 4.78 is 11.8. The van der Waals surface area contributed by atoms with Gasteiger partial charge in [0, 0.05) is 0 Å². The van der Waals surface area contributed by atoms with Crippen molar-refractivity contribution in [1.29, 1.82) is 0 Å². The number of para-hydroxylation sites is 2. The van der Waals surface area contributed by atoms with Crippen molar-refractivity contribution in [1.82, 2.24) is 0 Å². The second-order valence-electron chi connectivity index (χ2n) is 5.41. The zero-order valence-corrected chi connectivity index (χ0v) is 10.9. The molecule has 2 aliphatic heterocycles. The molecule has 0 unspecified atom stereocenters. The number of benzene rings is 1. The maximum atomic E-state index is 6.01. The van der Waals surface area contributed by atoms with E-state index < -0.39 is 0 Å². The van der Waals surface area contributed by atoms with Crippen LogP contribution in [-0.2, 0) is 0 Å². The van der Waals surface area contributed by atoms with E-state index in [1.54, 1.807) is 9.80 Å². The van der Waals surface area contributed by atoms with Gasteiger partial charge in [-0.3, -0.25) is 0 Å². The number of rotatable bonds is 2. The van der Waals surface area contributed by atoms with E-state index >= 15 is 0 Å². The Morgan fingerprint density at radius 3 is 2.61 bits per heavy atom. The van der Waals surface area contributed by atoms with Crippen LogP contribution in [0.4, 0.5) is 0 Å². The number of piperazine rings is 1. The van der Waals surface area contributed by atoms with Gasteiger partial charge in [0.1, 0.15) is 39.3 Å². The minimum atomic E-state index is 0.202. The Balaban J connectivity index is 1.56. The van der Waals surface area contributed by atoms with Crippen LogP contribution in [0, 0.1) is 0 Å². The fraction of sp³-hybridized carbons (Fsp3) is 0.571. The normalized spacial score (nSPS) is 31.1. The summed E-state index contributed by atoms with van der Waals surface area (Å²) in [4.78, 5) is 3.29. The summed E-state index contributed by atoms with van der Waals surface area (Å²) in [5, 5.41) is 0. The van der Waals surface area contributed by atoms with E-state index in [1.165, 1.54) is 26.2 Å². The van der Waals surface area contributed by atoms with E-state index in [2.05, 4.69) is 7.05 Å². The highest BCUT2D eigenvalue weighted by molar-refractivity contribution is 5.40. The summed E-state index contributed by atoms with van der Waals surface area (Å²) in [5.74, 6) is 1.78. The Hall–Kier alpha value is -1.26. The predicted molar refractivity (Wildman–Crippen MR) is 68.5 cm³/mol. The molecule has 1 saturated heterocycles. The Bertz CT molecular complexity index is 403. The van der Waals surface area contributed by atoms with Gasteiger partial charge in [-0.25, -0.2) is 0 Å². The summed E-state index contributed by atoms with van der Waals surface area (Å²) in [6, 6.07) is 7.94. The van der Waals surface area contributed by atoms with Gasteiger partial charge < -0.3 is 19.3 Å². The average molecular weight is 250 g/mol. The topological polar surface area (TPSA) is 27.3 Å². The van der Waals surface area contributed by atoms with Gasteiger partial charge in [-0.2, -0.15) is 0 Å². The molecular weight excluding hydrogens is 228 g/mol. The molecule has 3 rings (SSSR count). The van der Waals surface area contributed by atoms with Crippen LogP contribution >= 0.6 is 0 Å². The molecule has 1 fully saturated rings. The molecule has 4 nitrogen and oxygen atoms in total. The summed E-state index contributed by atoms with van der Waals surface area (Å²) in [6.07, 6.45) is 0.202. The molecule has 0 amide bonds. The zero-order valence-electron chi connectivity index (χ0n) is 10.9. The second kappa shape index (κ2) is 5.16. The van der Waals surface area contributed by atoms with Crippen LogP contribution < -0.4 is 19.3 Å². The monoisotopic (exact) mass is 250 g/mol. The maximum absolute atomic E-state index is 6.01. The highest BCUT2D eigenvalue weighted by Crippen LogP contribution is 2.30. The molecule has 2 aliphatic rings. The van der Waals surface area contributed by atoms with Gasteiger partial charge in [-0.1, -0.05) is 12.1 Å². The van der Waals surface area contributed by atoms with Crippen molar-refractivity contribution in [3.05, 3.63) is 24.3 Å². The smallest absolute Gasteiger partial charge is 0.181 e. The fourth-order valence-electron chi connectivity index (χ4n) is 2.72. The van der Waals surface area contributed by atoms with Crippen molar-refractivity contribution in [2.45, 2.75) is 6.10 Å².